The van der Waals surface area contributed by atoms with Gasteiger partial charge < -0.3 is 5.73 Å². The minimum Gasteiger partial charge on any atom is -0.384 e. The number of nitriles is 1. The highest BCUT2D eigenvalue weighted by atomic mass is 19.3. The van der Waals surface area contributed by atoms with Gasteiger partial charge >= 0.3 is 0 Å². The van der Waals surface area contributed by atoms with Gasteiger partial charge in [0.1, 0.15) is 5.82 Å². The van der Waals surface area contributed by atoms with Crippen molar-refractivity contribution in [3.8, 4) is 6.07 Å². The quantitative estimate of drug-likeness (QED) is 0.679. The van der Waals surface area contributed by atoms with E-state index in [2.05, 4.69) is 4.98 Å². The second kappa shape index (κ2) is 3.31. The average Bonchev–Trinajstić information content (AvgIpc) is 2.01. The molecule has 2 N–H and O–H groups in total. The number of halogens is 3. The number of pyridine rings is 1. The molecular weight excluding hydrogens is 183 g/mol. The van der Waals surface area contributed by atoms with E-state index in [1.165, 1.54) is 6.07 Å². The Labute approximate surface area is 71.6 Å². The van der Waals surface area contributed by atoms with Crippen molar-refractivity contribution in [2.24, 2.45) is 0 Å². The Balaban J connectivity index is 3.41. The molecule has 0 amide bonds. The Kier molecular flexibility index (Phi) is 2.37. The first-order valence-corrected chi connectivity index (χ1v) is 3.20. The summed E-state index contributed by atoms with van der Waals surface area (Å²) in [5, 5.41) is 8.38. The molecule has 0 atom stereocenters. The summed E-state index contributed by atoms with van der Waals surface area (Å²) in [4.78, 5) is 2.98. The standard InChI is InChI=1S/C7H4F3N3/c8-6(9)5-3(2-11)1-4(12)13-7(5)10/h1,6H,(H2,12,13). The highest BCUT2D eigenvalue weighted by Gasteiger charge is 2.20. The minimum atomic E-state index is -3.07. The number of aromatic nitrogens is 1. The number of nitrogens with two attached hydrogens (primary N) is 1. The molecule has 1 aromatic rings. The Morgan fingerprint density at radius 2 is 2.15 bits per heavy atom. The highest BCUT2D eigenvalue weighted by Crippen LogP contribution is 2.25. The maximum Gasteiger partial charge on any atom is 0.269 e. The summed E-state index contributed by atoms with van der Waals surface area (Å²) in [6, 6.07) is 2.33. The third kappa shape index (κ3) is 1.69. The van der Waals surface area contributed by atoms with Crippen LogP contribution in [-0.2, 0) is 0 Å². The van der Waals surface area contributed by atoms with Crippen LogP contribution in [0, 0.1) is 17.3 Å². The topological polar surface area (TPSA) is 62.7 Å². The van der Waals surface area contributed by atoms with E-state index in [-0.39, 0.29) is 5.82 Å². The molecule has 0 aliphatic carbocycles. The molecule has 0 saturated carbocycles. The molecule has 0 saturated heterocycles. The van der Waals surface area contributed by atoms with Crippen molar-refractivity contribution in [2.75, 3.05) is 5.73 Å². The summed E-state index contributed by atoms with van der Waals surface area (Å²) < 4.78 is 37.0. The molecule has 3 nitrogen and oxygen atoms in total. The van der Waals surface area contributed by atoms with E-state index < -0.39 is 23.5 Å². The zero-order valence-electron chi connectivity index (χ0n) is 6.26. The lowest BCUT2D eigenvalue weighted by molar-refractivity contribution is 0.145. The smallest absolute Gasteiger partial charge is 0.269 e. The number of hydrogen-bond donors (Lipinski definition) is 1. The highest BCUT2D eigenvalue weighted by molar-refractivity contribution is 5.45. The predicted octanol–water partition coefficient (Wildman–Crippen LogP) is 1.61. The van der Waals surface area contributed by atoms with Gasteiger partial charge in [0.2, 0.25) is 5.95 Å². The fourth-order valence-electron chi connectivity index (χ4n) is 0.843. The molecule has 0 aliphatic heterocycles. The lowest BCUT2D eigenvalue weighted by Crippen LogP contribution is -2.02. The molecule has 0 bridgehead atoms. The van der Waals surface area contributed by atoms with Crippen LogP contribution in [0.2, 0.25) is 0 Å². The average molecular weight is 187 g/mol. The third-order valence-electron chi connectivity index (χ3n) is 1.37. The second-order valence-electron chi connectivity index (χ2n) is 2.21. The lowest BCUT2D eigenvalue weighted by Gasteiger charge is -2.03. The van der Waals surface area contributed by atoms with Crippen LogP contribution in [0.5, 0.6) is 0 Å². The van der Waals surface area contributed by atoms with Gasteiger partial charge in [0.25, 0.3) is 6.43 Å². The van der Waals surface area contributed by atoms with Gasteiger partial charge in [-0.05, 0) is 6.07 Å². The normalized spacial score (nSPS) is 10.1. The van der Waals surface area contributed by atoms with Gasteiger partial charge in [0.15, 0.2) is 0 Å². The summed E-state index contributed by atoms with van der Waals surface area (Å²) >= 11 is 0. The first kappa shape index (κ1) is 9.32. The number of anilines is 1. The Morgan fingerprint density at radius 3 is 2.62 bits per heavy atom. The summed E-state index contributed by atoms with van der Waals surface area (Å²) in [7, 11) is 0. The predicted molar refractivity (Wildman–Crippen MR) is 38.3 cm³/mol. The monoisotopic (exact) mass is 187 g/mol. The van der Waals surface area contributed by atoms with Crippen LogP contribution in [0.15, 0.2) is 6.07 Å². The molecular formula is C7H4F3N3. The number of nitrogen functional groups attached to an aromatic ring is 1. The molecule has 0 spiro atoms. The molecule has 1 aromatic heterocycles. The Hall–Kier alpha value is -1.77. The molecule has 0 radical (unpaired) electrons. The second-order valence-corrected chi connectivity index (χ2v) is 2.21. The first-order valence-electron chi connectivity index (χ1n) is 3.20. The van der Waals surface area contributed by atoms with E-state index >= 15 is 0 Å². The summed E-state index contributed by atoms with van der Waals surface area (Å²) in [5.41, 5.74) is 3.57. The van der Waals surface area contributed by atoms with Crippen molar-refractivity contribution in [3.05, 3.63) is 23.1 Å². The maximum absolute atomic E-state index is 12.7. The Bertz CT molecular complexity index is 370. The maximum atomic E-state index is 12.7. The van der Waals surface area contributed by atoms with Gasteiger partial charge in [0, 0.05) is 0 Å². The third-order valence-corrected chi connectivity index (χ3v) is 1.37. The number of hydrogen-bond acceptors (Lipinski definition) is 3. The molecule has 0 unspecified atom stereocenters. The van der Waals surface area contributed by atoms with Crippen molar-refractivity contribution in [2.45, 2.75) is 6.43 Å². The zero-order chi connectivity index (χ0) is 10.0. The molecule has 0 fully saturated rings. The number of nitrogens with zero attached hydrogens (tertiary/aromatic N) is 2. The molecule has 0 aromatic carbocycles. The van der Waals surface area contributed by atoms with Gasteiger partial charge in [-0.15, -0.1) is 0 Å². The Morgan fingerprint density at radius 1 is 1.54 bits per heavy atom. The summed E-state index contributed by atoms with van der Waals surface area (Å²) in [5.74, 6) is -1.69. The van der Waals surface area contributed by atoms with Crippen molar-refractivity contribution in [1.29, 1.82) is 5.26 Å². The van der Waals surface area contributed by atoms with Gasteiger partial charge in [-0.25, -0.2) is 13.8 Å². The van der Waals surface area contributed by atoms with E-state index in [9.17, 15) is 13.2 Å². The molecule has 1 rings (SSSR count). The molecule has 6 heteroatoms. The van der Waals surface area contributed by atoms with Crippen molar-refractivity contribution < 1.29 is 13.2 Å². The summed E-state index contributed by atoms with van der Waals surface area (Å²) in [6.07, 6.45) is -3.07. The van der Waals surface area contributed by atoms with Crippen molar-refractivity contribution in [3.63, 3.8) is 0 Å². The van der Waals surface area contributed by atoms with E-state index in [1.807, 2.05) is 0 Å². The lowest BCUT2D eigenvalue weighted by atomic mass is 10.1. The fraction of sp³-hybridized carbons (Fsp3) is 0.143. The van der Waals surface area contributed by atoms with Crippen LogP contribution in [0.4, 0.5) is 19.0 Å². The SMILES string of the molecule is N#Cc1cc(N)nc(F)c1C(F)F. The van der Waals surface area contributed by atoms with Gasteiger partial charge in [0.05, 0.1) is 17.2 Å². The van der Waals surface area contributed by atoms with Crippen LogP contribution in [0.1, 0.15) is 17.6 Å². The largest absolute Gasteiger partial charge is 0.384 e. The van der Waals surface area contributed by atoms with Crippen LogP contribution >= 0.6 is 0 Å². The first-order chi connectivity index (χ1) is 6.06. The van der Waals surface area contributed by atoms with E-state index in [1.54, 1.807) is 0 Å². The van der Waals surface area contributed by atoms with Crippen LogP contribution in [0.25, 0.3) is 0 Å². The molecule has 0 aliphatic rings. The zero-order valence-corrected chi connectivity index (χ0v) is 6.26. The molecule has 1 heterocycles. The van der Waals surface area contributed by atoms with Crippen LogP contribution in [0.3, 0.4) is 0 Å². The van der Waals surface area contributed by atoms with Gasteiger partial charge in [-0.2, -0.15) is 9.65 Å². The van der Waals surface area contributed by atoms with Gasteiger partial charge in [-0.3, -0.25) is 0 Å². The number of rotatable bonds is 1. The molecule has 13 heavy (non-hydrogen) atoms. The van der Waals surface area contributed by atoms with E-state index in [0.717, 1.165) is 6.07 Å². The van der Waals surface area contributed by atoms with Crippen molar-refractivity contribution >= 4 is 5.82 Å². The van der Waals surface area contributed by atoms with Gasteiger partial charge in [-0.1, -0.05) is 0 Å². The van der Waals surface area contributed by atoms with Crippen molar-refractivity contribution in [1.82, 2.24) is 4.98 Å². The van der Waals surface area contributed by atoms with E-state index in [4.69, 9.17) is 11.0 Å². The van der Waals surface area contributed by atoms with E-state index in [0.29, 0.717) is 0 Å². The van der Waals surface area contributed by atoms with Crippen LogP contribution < -0.4 is 5.73 Å². The molecule has 68 valence electrons. The minimum absolute atomic E-state index is 0.293. The van der Waals surface area contributed by atoms with Crippen LogP contribution in [-0.4, -0.2) is 4.98 Å². The summed E-state index contributed by atoms with van der Waals surface area (Å²) in [6.45, 7) is 0. The fourth-order valence-corrected chi connectivity index (χ4v) is 0.843. The number of alkyl halides is 2.